The van der Waals surface area contributed by atoms with Gasteiger partial charge in [-0.25, -0.2) is 9.80 Å². The molecular weight excluding hydrogens is 488 g/mol. The third-order valence-electron chi connectivity index (χ3n) is 6.16. The molecule has 5 aromatic carbocycles. The van der Waals surface area contributed by atoms with E-state index < -0.39 is 0 Å². The fourth-order valence-electron chi connectivity index (χ4n) is 4.22. The number of nitrogens with one attached hydrogen (secondary N) is 2. The van der Waals surface area contributed by atoms with Crippen molar-refractivity contribution < 1.29 is 9.80 Å². The van der Waals surface area contributed by atoms with Crippen LogP contribution in [0.3, 0.4) is 0 Å². The fourth-order valence-corrected chi connectivity index (χ4v) is 4.22. The van der Waals surface area contributed by atoms with E-state index in [0.29, 0.717) is 0 Å². The summed E-state index contributed by atoms with van der Waals surface area (Å²) in [6.07, 6.45) is 0. The van der Waals surface area contributed by atoms with Crippen molar-refractivity contribution in [2.45, 2.75) is 13.8 Å². The van der Waals surface area contributed by atoms with Gasteiger partial charge >= 0.3 is 0 Å². The Morgan fingerprint density at radius 2 is 0.525 bits per heavy atom. The summed E-state index contributed by atoms with van der Waals surface area (Å²) in [6.45, 7) is 3.53. The average Bonchev–Trinajstić information content (AvgIpc) is 3.04. The minimum Gasteiger partial charge on any atom is -0.238 e. The van der Waals surface area contributed by atoms with Crippen LogP contribution in [0, 0.1) is 12.1 Å². The molecule has 0 heterocycles. The lowest BCUT2D eigenvalue weighted by molar-refractivity contribution is -0.684. The Balaban J connectivity index is 0.000000490. The van der Waals surface area contributed by atoms with Crippen molar-refractivity contribution in [1.82, 2.24) is 0 Å². The number of hydrogen-bond donors (Lipinski definition) is 2. The minimum absolute atomic E-state index is 1.21. The normalized spacial score (nSPS) is 9.55. The van der Waals surface area contributed by atoms with Gasteiger partial charge < -0.3 is 0 Å². The quantitative estimate of drug-likeness (QED) is 0.223. The summed E-state index contributed by atoms with van der Waals surface area (Å²) in [5.41, 5.74) is 7.32. The monoisotopic (exact) mass is 526 g/mol. The molecule has 2 N–H and O–H groups in total. The van der Waals surface area contributed by atoms with Crippen LogP contribution in [0.5, 0.6) is 0 Å². The van der Waals surface area contributed by atoms with Gasteiger partial charge in [0.05, 0.1) is 13.8 Å². The van der Waals surface area contributed by atoms with Gasteiger partial charge in [-0.1, -0.05) is 82.5 Å². The predicted molar refractivity (Wildman–Crippen MR) is 170 cm³/mol. The van der Waals surface area contributed by atoms with Gasteiger partial charge in [-0.15, -0.1) is 0 Å². The summed E-state index contributed by atoms with van der Waals surface area (Å²) in [5, 5.41) is 0. The van der Waals surface area contributed by atoms with Gasteiger partial charge in [-0.2, -0.15) is 0 Å². The average molecular weight is 527 g/mol. The van der Waals surface area contributed by atoms with Crippen LogP contribution in [-0.2, 0) is 0 Å². The van der Waals surface area contributed by atoms with Crippen LogP contribution >= 0.6 is 0 Å². The molecule has 0 aliphatic carbocycles. The minimum atomic E-state index is 1.21. The molecule has 4 heteroatoms. The highest BCUT2D eigenvalue weighted by Gasteiger charge is 2.22. The third kappa shape index (κ3) is 8.51. The van der Waals surface area contributed by atoms with Crippen molar-refractivity contribution in [1.29, 1.82) is 0 Å². The van der Waals surface area contributed by atoms with E-state index in [9.17, 15) is 0 Å². The first-order valence-corrected chi connectivity index (χ1v) is 13.3. The molecule has 0 saturated heterocycles. The van der Waals surface area contributed by atoms with Crippen LogP contribution in [0.4, 0.5) is 34.1 Å². The SMILES string of the molecule is CC#[N+]C.CC#[N+]C.c1ccc([NH+](c2ccccc2)c2ccc([NH+](c3ccccc3)c3ccccc3)cc2)cc1. The highest BCUT2D eigenvalue weighted by Crippen LogP contribution is 2.19. The van der Waals surface area contributed by atoms with Crippen molar-refractivity contribution >= 4 is 34.1 Å². The molecule has 5 rings (SSSR count). The Hall–Kier alpha value is -5.00. The molecule has 0 spiro atoms. The van der Waals surface area contributed by atoms with Crippen molar-refractivity contribution in [2.75, 3.05) is 14.1 Å². The van der Waals surface area contributed by atoms with E-state index in [1.807, 2.05) is 0 Å². The summed E-state index contributed by atoms with van der Waals surface area (Å²) in [4.78, 5) is 9.47. The van der Waals surface area contributed by atoms with Crippen molar-refractivity contribution in [2.24, 2.45) is 0 Å². The molecule has 4 nitrogen and oxygen atoms in total. The topological polar surface area (TPSA) is 17.6 Å². The van der Waals surface area contributed by atoms with E-state index in [1.54, 1.807) is 27.9 Å². The molecule has 5 aromatic rings. The van der Waals surface area contributed by atoms with Crippen LogP contribution in [0.2, 0.25) is 0 Å². The summed E-state index contributed by atoms with van der Waals surface area (Å²) in [6, 6.07) is 56.6. The van der Waals surface area contributed by atoms with Gasteiger partial charge in [0.2, 0.25) is 0 Å². The van der Waals surface area contributed by atoms with Gasteiger partial charge in [0, 0.05) is 24.3 Å². The Morgan fingerprint density at radius 3 is 0.700 bits per heavy atom. The van der Waals surface area contributed by atoms with Gasteiger partial charge in [-0.3, -0.25) is 0 Å². The summed E-state index contributed by atoms with van der Waals surface area (Å²) in [7, 11) is 3.39. The molecule has 0 bridgehead atoms. The van der Waals surface area contributed by atoms with E-state index in [1.165, 1.54) is 43.9 Å². The van der Waals surface area contributed by atoms with E-state index in [2.05, 4.69) is 167 Å². The number of rotatable bonds is 6. The Labute approximate surface area is 239 Å². The smallest absolute Gasteiger partial charge is 0.238 e. The van der Waals surface area contributed by atoms with Crippen molar-refractivity contribution in [3.8, 4) is 12.1 Å². The predicted octanol–water partition coefficient (Wildman–Crippen LogP) is 7.98. The van der Waals surface area contributed by atoms with E-state index >= 15 is 0 Å². The zero-order chi connectivity index (χ0) is 28.4. The number of quaternary nitrogens is 2. The molecule has 0 saturated carbocycles. The van der Waals surface area contributed by atoms with E-state index in [4.69, 9.17) is 0 Å². The lowest BCUT2D eigenvalue weighted by Gasteiger charge is -2.21. The fraction of sp³-hybridized carbons (Fsp3) is 0.111. The largest absolute Gasteiger partial charge is 0.269 e. The first-order valence-electron chi connectivity index (χ1n) is 13.3. The lowest BCUT2D eigenvalue weighted by Crippen LogP contribution is -2.97. The molecule has 0 unspecified atom stereocenters. The first-order chi connectivity index (χ1) is 19.7. The molecular formula is C36H38N4+4. The Morgan fingerprint density at radius 1 is 0.350 bits per heavy atom. The van der Waals surface area contributed by atoms with Crippen LogP contribution in [-0.4, -0.2) is 14.1 Å². The summed E-state index contributed by atoms with van der Waals surface area (Å²) < 4.78 is 0. The van der Waals surface area contributed by atoms with Gasteiger partial charge in [0.25, 0.3) is 26.2 Å². The van der Waals surface area contributed by atoms with Crippen LogP contribution in [0.15, 0.2) is 146 Å². The Kier molecular flexibility index (Phi) is 12.4. The highest BCUT2D eigenvalue weighted by atomic mass is 15.2. The standard InChI is InChI=1S/C30H24N2.2C3H6N/c1-5-13-25(14-6-1)31(26-15-7-2-8-16-26)29-21-23-30(24-22-29)32(27-17-9-3-10-18-27)28-19-11-4-12-20-28;2*1-3-4-2/h1-24H;2*1-2H3/q;2*+1/p+2. The second kappa shape index (κ2) is 16.8. The van der Waals surface area contributed by atoms with Gasteiger partial charge in [0.15, 0.2) is 0 Å². The van der Waals surface area contributed by atoms with Crippen molar-refractivity contribution in [3.63, 3.8) is 0 Å². The van der Waals surface area contributed by atoms with Gasteiger partial charge in [-0.05, 0) is 48.5 Å². The molecule has 0 amide bonds. The maximum Gasteiger partial charge on any atom is 0.269 e. The molecule has 0 aliphatic rings. The second-order valence-electron chi connectivity index (χ2n) is 8.69. The van der Waals surface area contributed by atoms with E-state index in [-0.39, 0.29) is 0 Å². The molecule has 198 valence electrons. The first kappa shape index (κ1) is 29.6. The molecule has 0 fully saturated rings. The van der Waals surface area contributed by atoms with E-state index in [0.717, 1.165) is 0 Å². The van der Waals surface area contributed by atoms with Crippen LogP contribution < -0.4 is 9.80 Å². The maximum absolute atomic E-state index is 3.49. The number of hydrogen-bond acceptors (Lipinski definition) is 0. The second-order valence-corrected chi connectivity index (χ2v) is 8.69. The molecule has 0 aromatic heterocycles. The highest BCUT2D eigenvalue weighted by molar-refractivity contribution is 5.51. The lowest BCUT2D eigenvalue weighted by atomic mass is 10.1. The zero-order valence-corrected chi connectivity index (χ0v) is 23.8. The van der Waals surface area contributed by atoms with Crippen LogP contribution in [0.1, 0.15) is 13.8 Å². The number of para-hydroxylation sites is 4. The zero-order valence-electron chi connectivity index (χ0n) is 23.8. The molecule has 40 heavy (non-hydrogen) atoms. The van der Waals surface area contributed by atoms with Crippen LogP contribution in [0.25, 0.3) is 9.69 Å². The molecule has 0 aliphatic heterocycles. The molecule has 0 radical (unpaired) electrons. The summed E-state index contributed by atoms with van der Waals surface area (Å²) in [5.74, 6) is 0. The number of benzene rings is 5. The summed E-state index contributed by atoms with van der Waals surface area (Å²) >= 11 is 0. The number of nitrogens with zero attached hydrogens (tertiary/aromatic N) is 2. The van der Waals surface area contributed by atoms with Crippen molar-refractivity contribution in [3.05, 3.63) is 155 Å². The van der Waals surface area contributed by atoms with Gasteiger partial charge in [0.1, 0.15) is 34.1 Å². The molecule has 0 atom stereocenters. The third-order valence-corrected chi connectivity index (χ3v) is 6.16. The maximum atomic E-state index is 3.49. The Bertz CT molecular complexity index is 1300.